The average molecular weight is 274 g/mol. The summed E-state index contributed by atoms with van der Waals surface area (Å²) in [6, 6.07) is 6.74. The molecular formula is C14H14N2O4. The third-order valence-electron chi connectivity index (χ3n) is 2.91. The molecule has 1 aliphatic heterocycles. The van der Waals surface area contributed by atoms with Crippen molar-refractivity contribution < 1.29 is 19.5 Å². The predicted octanol–water partition coefficient (Wildman–Crippen LogP) is 0.546. The van der Waals surface area contributed by atoms with Gasteiger partial charge in [-0.1, -0.05) is 12.1 Å². The number of nitrogens with zero attached hydrogens (tertiary/aromatic N) is 1. The Morgan fingerprint density at radius 3 is 2.65 bits per heavy atom. The molecule has 0 bridgehead atoms. The summed E-state index contributed by atoms with van der Waals surface area (Å²) < 4.78 is 0. The summed E-state index contributed by atoms with van der Waals surface area (Å²) >= 11 is 0. The molecule has 0 saturated carbocycles. The zero-order valence-corrected chi connectivity index (χ0v) is 10.9. The summed E-state index contributed by atoms with van der Waals surface area (Å²) in [5.41, 5.74) is 1.00. The Morgan fingerprint density at radius 1 is 1.30 bits per heavy atom. The first-order chi connectivity index (χ1) is 9.54. The lowest BCUT2D eigenvalue weighted by Crippen LogP contribution is -2.34. The van der Waals surface area contributed by atoms with E-state index >= 15 is 0 Å². The van der Waals surface area contributed by atoms with Gasteiger partial charge in [-0.3, -0.25) is 19.3 Å². The SMILES string of the molecule is CC(=O)c1ccccc1NC1=CC(=O)N(CCO)C1=O. The molecule has 1 heterocycles. The fraction of sp³-hybridized carbons (Fsp3) is 0.214. The number of imide groups is 1. The number of ketones is 1. The first-order valence-electron chi connectivity index (χ1n) is 6.10. The molecule has 1 aromatic rings. The van der Waals surface area contributed by atoms with Crippen LogP contribution in [-0.2, 0) is 9.59 Å². The quantitative estimate of drug-likeness (QED) is 0.604. The summed E-state index contributed by atoms with van der Waals surface area (Å²) in [6.45, 7) is 1.09. The number of nitrogens with one attached hydrogen (secondary N) is 1. The minimum absolute atomic E-state index is 0.0479. The predicted molar refractivity (Wildman–Crippen MR) is 72.0 cm³/mol. The maximum Gasteiger partial charge on any atom is 0.277 e. The summed E-state index contributed by atoms with van der Waals surface area (Å²) in [5, 5.41) is 11.6. The van der Waals surface area contributed by atoms with Crippen molar-refractivity contribution in [3.63, 3.8) is 0 Å². The normalized spacial score (nSPS) is 14.5. The van der Waals surface area contributed by atoms with Gasteiger partial charge in [-0.15, -0.1) is 0 Å². The van der Waals surface area contributed by atoms with E-state index in [4.69, 9.17) is 5.11 Å². The zero-order chi connectivity index (χ0) is 14.7. The Kier molecular flexibility index (Phi) is 3.95. The number of aliphatic hydroxyl groups is 1. The van der Waals surface area contributed by atoms with Gasteiger partial charge in [-0.05, 0) is 19.1 Å². The zero-order valence-electron chi connectivity index (χ0n) is 10.9. The number of benzene rings is 1. The number of β-amino-alcohol motifs (C(OH)–C–C–N with tert-alkyl or cyclic N) is 1. The Hall–Kier alpha value is -2.47. The lowest BCUT2D eigenvalue weighted by atomic mass is 10.1. The van der Waals surface area contributed by atoms with Gasteiger partial charge < -0.3 is 10.4 Å². The number of rotatable bonds is 5. The number of aliphatic hydroxyl groups excluding tert-OH is 1. The molecule has 1 aliphatic rings. The molecule has 0 saturated heterocycles. The van der Waals surface area contributed by atoms with Crippen molar-refractivity contribution in [2.75, 3.05) is 18.5 Å². The number of amides is 2. The van der Waals surface area contributed by atoms with Crippen LogP contribution in [-0.4, -0.2) is 40.8 Å². The van der Waals surface area contributed by atoms with Crippen LogP contribution in [0.3, 0.4) is 0 Å². The van der Waals surface area contributed by atoms with E-state index in [1.807, 2.05) is 0 Å². The van der Waals surface area contributed by atoms with Gasteiger partial charge >= 0.3 is 0 Å². The Morgan fingerprint density at radius 2 is 2.00 bits per heavy atom. The largest absolute Gasteiger partial charge is 0.395 e. The van der Waals surface area contributed by atoms with Crippen LogP contribution in [0.1, 0.15) is 17.3 Å². The minimum Gasteiger partial charge on any atom is -0.395 e. The van der Waals surface area contributed by atoms with Crippen LogP contribution in [0.4, 0.5) is 5.69 Å². The first-order valence-corrected chi connectivity index (χ1v) is 6.10. The Bertz CT molecular complexity index is 607. The van der Waals surface area contributed by atoms with Crippen LogP contribution in [0, 0.1) is 0 Å². The lowest BCUT2D eigenvalue weighted by Gasteiger charge is -2.14. The van der Waals surface area contributed by atoms with Crippen molar-refractivity contribution in [1.29, 1.82) is 0 Å². The van der Waals surface area contributed by atoms with Crippen LogP contribution in [0.2, 0.25) is 0 Å². The van der Waals surface area contributed by atoms with Gasteiger partial charge in [0.15, 0.2) is 5.78 Å². The standard InChI is InChI=1S/C14H14N2O4/c1-9(18)10-4-2-3-5-11(10)15-12-8-13(19)16(6-7-17)14(12)20/h2-5,8,15,17H,6-7H2,1H3. The molecule has 2 rings (SSSR count). The van der Waals surface area contributed by atoms with Gasteiger partial charge in [0, 0.05) is 17.3 Å². The Balaban J connectivity index is 2.24. The third kappa shape index (κ3) is 2.60. The fourth-order valence-corrected chi connectivity index (χ4v) is 1.95. The smallest absolute Gasteiger partial charge is 0.277 e. The van der Waals surface area contributed by atoms with Gasteiger partial charge in [0.1, 0.15) is 5.70 Å². The Labute approximate surface area is 115 Å². The van der Waals surface area contributed by atoms with Gasteiger partial charge in [-0.25, -0.2) is 0 Å². The van der Waals surface area contributed by atoms with E-state index in [0.717, 1.165) is 11.0 Å². The van der Waals surface area contributed by atoms with E-state index in [-0.39, 0.29) is 24.6 Å². The third-order valence-corrected chi connectivity index (χ3v) is 2.91. The van der Waals surface area contributed by atoms with E-state index in [9.17, 15) is 14.4 Å². The van der Waals surface area contributed by atoms with E-state index in [1.165, 1.54) is 6.92 Å². The van der Waals surface area contributed by atoms with Crippen LogP contribution in [0.15, 0.2) is 36.0 Å². The maximum atomic E-state index is 12.0. The van der Waals surface area contributed by atoms with E-state index in [0.29, 0.717) is 11.3 Å². The van der Waals surface area contributed by atoms with E-state index in [1.54, 1.807) is 24.3 Å². The fourth-order valence-electron chi connectivity index (χ4n) is 1.95. The number of hydrogen-bond donors (Lipinski definition) is 2. The van der Waals surface area contributed by atoms with E-state index < -0.39 is 11.8 Å². The molecule has 0 aromatic heterocycles. The molecule has 2 amide bonds. The monoisotopic (exact) mass is 274 g/mol. The summed E-state index contributed by atoms with van der Waals surface area (Å²) in [7, 11) is 0. The molecule has 0 fully saturated rings. The molecule has 0 radical (unpaired) electrons. The van der Waals surface area contributed by atoms with E-state index in [2.05, 4.69) is 5.32 Å². The number of hydrogen-bond acceptors (Lipinski definition) is 5. The molecule has 2 N–H and O–H groups in total. The summed E-state index contributed by atoms with van der Waals surface area (Å²) in [5.74, 6) is -1.13. The molecular weight excluding hydrogens is 260 g/mol. The molecule has 6 nitrogen and oxygen atoms in total. The molecule has 1 aromatic carbocycles. The van der Waals surface area contributed by atoms with Crippen molar-refractivity contribution in [3.8, 4) is 0 Å². The van der Waals surface area contributed by atoms with Gasteiger partial charge in [-0.2, -0.15) is 0 Å². The molecule has 0 aliphatic carbocycles. The number of para-hydroxylation sites is 1. The minimum atomic E-state index is -0.512. The summed E-state index contributed by atoms with van der Waals surface area (Å²) in [6.07, 6.45) is 1.16. The van der Waals surface area contributed by atoms with Gasteiger partial charge in [0.2, 0.25) is 0 Å². The van der Waals surface area contributed by atoms with Crippen LogP contribution < -0.4 is 5.32 Å². The second kappa shape index (κ2) is 5.66. The highest BCUT2D eigenvalue weighted by atomic mass is 16.3. The second-order valence-corrected chi connectivity index (χ2v) is 4.30. The first kappa shape index (κ1) is 14.0. The number of carbonyl (C=O) groups excluding carboxylic acids is 3. The van der Waals surface area contributed by atoms with Crippen molar-refractivity contribution in [2.24, 2.45) is 0 Å². The van der Waals surface area contributed by atoms with Crippen molar-refractivity contribution in [1.82, 2.24) is 4.90 Å². The lowest BCUT2D eigenvalue weighted by molar-refractivity contribution is -0.137. The molecule has 20 heavy (non-hydrogen) atoms. The van der Waals surface area contributed by atoms with Crippen molar-refractivity contribution in [3.05, 3.63) is 41.6 Å². The van der Waals surface area contributed by atoms with Gasteiger partial charge in [0.25, 0.3) is 11.8 Å². The topological polar surface area (TPSA) is 86.7 Å². The number of anilines is 1. The van der Waals surface area contributed by atoms with Crippen LogP contribution in [0.5, 0.6) is 0 Å². The second-order valence-electron chi connectivity index (χ2n) is 4.30. The average Bonchev–Trinajstić information content (AvgIpc) is 2.67. The molecule has 104 valence electrons. The molecule has 0 spiro atoms. The molecule has 0 atom stereocenters. The molecule has 6 heteroatoms. The summed E-state index contributed by atoms with van der Waals surface area (Å²) in [4.78, 5) is 36.0. The highest BCUT2D eigenvalue weighted by molar-refractivity contribution is 6.17. The van der Waals surface area contributed by atoms with Crippen molar-refractivity contribution in [2.45, 2.75) is 6.92 Å². The molecule has 0 unspecified atom stereocenters. The van der Waals surface area contributed by atoms with Crippen LogP contribution in [0.25, 0.3) is 0 Å². The highest BCUT2D eigenvalue weighted by Gasteiger charge is 2.30. The maximum absolute atomic E-state index is 12.0. The van der Waals surface area contributed by atoms with Crippen LogP contribution >= 0.6 is 0 Å². The van der Waals surface area contributed by atoms with Gasteiger partial charge in [0.05, 0.1) is 13.2 Å². The van der Waals surface area contributed by atoms with Crippen molar-refractivity contribution >= 4 is 23.3 Å². The highest BCUT2D eigenvalue weighted by Crippen LogP contribution is 2.21. The number of Topliss-reactive ketones (excluding diaryl/α,β-unsaturated/α-hetero) is 1. The number of carbonyl (C=O) groups is 3.